The minimum absolute atomic E-state index is 0.0581. The van der Waals surface area contributed by atoms with E-state index >= 15 is 0 Å². The molecule has 0 bridgehead atoms. The summed E-state index contributed by atoms with van der Waals surface area (Å²) in [6.45, 7) is 2.28. The summed E-state index contributed by atoms with van der Waals surface area (Å²) >= 11 is 0. The van der Waals surface area contributed by atoms with Crippen LogP contribution in [0, 0.1) is 6.92 Å². The molecule has 1 aromatic rings. The lowest BCUT2D eigenvalue weighted by molar-refractivity contribution is 0.0241. The molecule has 0 saturated carbocycles. The first kappa shape index (κ1) is 17.2. The van der Waals surface area contributed by atoms with Crippen molar-refractivity contribution in [1.82, 2.24) is 0 Å². The van der Waals surface area contributed by atoms with Crippen LogP contribution in [0.15, 0.2) is 41.3 Å². The lowest BCUT2D eigenvalue weighted by atomic mass is 10.0. The summed E-state index contributed by atoms with van der Waals surface area (Å²) in [5.74, 6) is 0. The predicted molar refractivity (Wildman–Crippen MR) is 86.3 cm³/mol. The maximum Gasteiger partial charge on any atom is 0.297 e. The molecule has 1 aliphatic rings. The van der Waals surface area contributed by atoms with E-state index in [-0.39, 0.29) is 17.6 Å². The maximum atomic E-state index is 12.0. The highest BCUT2D eigenvalue weighted by Crippen LogP contribution is 2.16. The van der Waals surface area contributed by atoms with Crippen LogP contribution in [-0.2, 0) is 19.0 Å². The first-order valence-corrected chi connectivity index (χ1v) is 9.21. The van der Waals surface area contributed by atoms with Crippen molar-refractivity contribution in [3.05, 3.63) is 42.0 Å². The van der Waals surface area contributed by atoms with Crippen LogP contribution in [0.4, 0.5) is 0 Å². The molecule has 0 aliphatic heterocycles. The third-order valence-corrected chi connectivity index (χ3v) is 5.03. The summed E-state index contributed by atoms with van der Waals surface area (Å²) < 4.78 is 34.8. The lowest BCUT2D eigenvalue weighted by Gasteiger charge is -2.18. The summed E-state index contributed by atoms with van der Waals surface area (Å²) in [4.78, 5) is 0.189. The van der Waals surface area contributed by atoms with Gasteiger partial charge in [0.1, 0.15) is 0 Å². The monoisotopic (exact) mass is 324 g/mol. The van der Waals surface area contributed by atoms with Crippen molar-refractivity contribution >= 4 is 10.1 Å². The summed E-state index contributed by atoms with van der Waals surface area (Å²) in [5.41, 5.74) is 1.01. The molecular formula is C17H24O4S. The average molecular weight is 324 g/mol. The zero-order valence-corrected chi connectivity index (χ0v) is 13.8. The third kappa shape index (κ3) is 5.55. The van der Waals surface area contributed by atoms with Crippen LogP contribution in [0.1, 0.15) is 37.7 Å². The van der Waals surface area contributed by atoms with Crippen molar-refractivity contribution in [1.29, 1.82) is 0 Å². The van der Waals surface area contributed by atoms with Crippen LogP contribution in [-0.4, -0.2) is 27.7 Å². The molecule has 0 spiro atoms. The molecule has 5 heteroatoms. The molecule has 1 atom stereocenters. The number of hydrogen-bond donors (Lipinski definition) is 0. The van der Waals surface area contributed by atoms with E-state index in [1.807, 2.05) is 6.92 Å². The highest BCUT2D eigenvalue weighted by molar-refractivity contribution is 7.86. The molecule has 1 aromatic carbocycles. The number of hydrogen-bond acceptors (Lipinski definition) is 4. The van der Waals surface area contributed by atoms with Crippen LogP contribution in [0.5, 0.6) is 0 Å². The zero-order chi connectivity index (χ0) is 15.8. The van der Waals surface area contributed by atoms with E-state index in [1.54, 1.807) is 24.3 Å². The summed E-state index contributed by atoms with van der Waals surface area (Å²) in [5, 5.41) is 0. The van der Waals surface area contributed by atoms with Crippen molar-refractivity contribution in [3.8, 4) is 0 Å². The van der Waals surface area contributed by atoms with Crippen molar-refractivity contribution in [2.24, 2.45) is 0 Å². The van der Waals surface area contributed by atoms with E-state index in [1.165, 1.54) is 0 Å². The smallest absolute Gasteiger partial charge is 0.297 e. The molecule has 0 N–H and O–H groups in total. The van der Waals surface area contributed by atoms with Gasteiger partial charge < -0.3 is 4.74 Å². The fraction of sp³-hybridized carbons (Fsp3) is 0.529. The van der Waals surface area contributed by atoms with Gasteiger partial charge >= 0.3 is 0 Å². The Labute approximate surface area is 133 Å². The van der Waals surface area contributed by atoms with E-state index < -0.39 is 10.1 Å². The molecule has 0 aromatic heterocycles. The largest absolute Gasteiger partial charge is 0.376 e. The summed E-state index contributed by atoms with van der Waals surface area (Å²) in [6.07, 6.45) is 9.85. The fourth-order valence-corrected chi connectivity index (χ4v) is 3.32. The van der Waals surface area contributed by atoms with Gasteiger partial charge in [-0.25, -0.2) is 0 Å². The van der Waals surface area contributed by atoms with Crippen LogP contribution < -0.4 is 0 Å². The van der Waals surface area contributed by atoms with Gasteiger partial charge in [-0.05, 0) is 51.2 Å². The van der Waals surface area contributed by atoms with E-state index in [0.29, 0.717) is 6.61 Å². The van der Waals surface area contributed by atoms with Crippen molar-refractivity contribution < 1.29 is 17.3 Å². The predicted octanol–water partition coefficient (Wildman–Crippen LogP) is 3.61. The van der Waals surface area contributed by atoms with E-state index in [2.05, 4.69) is 12.2 Å². The van der Waals surface area contributed by atoms with Gasteiger partial charge in [0.15, 0.2) is 0 Å². The van der Waals surface area contributed by atoms with E-state index in [0.717, 1.165) is 37.7 Å². The van der Waals surface area contributed by atoms with Crippen molar-refractivity contribution in [2.45, 2.75) is 50.0 Å². The number of benzene rings is 1. The minimum atomic E-state index is -3.68. The van der Waals surface area contributed by atoms with Crippen LogP contribution in [0.25, 0.3) is 0 Å². The van der Waals surface area contributed by atoms with Crippen LogP contribution >= 0.6 is 0 Å². The molecule has 1 unspecified atom stereocenters. The van der Waals surface area contributed by atoms with Crippen LogP contribution in [0.2, 0.25) is 0 Å². The maximum absolute atomic E-state index is 12.0. The van der Waals surface area contributed by atoms with Gasteiger partial charge in [0, 0.05) is 0 Å². The average Bonchev–Trinajstić information content (AvgIpc) is 2.45. The quantitative estimate of drug-likeness (QED) is 0.456. The topological polar surface area (TPSA) is 52.6 Å². The van der Waals surface area contributed by atoms with Gasteiger partial charge in [-0.15, -0.1) is 0 Å². The lowest BCUT2D eigenvalue weighted by Crippen LogP contribution is -2.18. The van der Waals surface area contributed by atoms with Crippen molar-refractivity contribution in [2.75, 3.05) is 13.2 Å². The Hall–Kier alpha value is -1.17. The van der Waals surface area contributed by atoms with Gasteiger partial charge in [-0.2, -0.15) is 8.42 Å². The Balaban J connectivity index is 1.75. The van der Waals surface area contributed by atoms with Gasteiger partial charge in [0.25, 0.3) is 10.1 Å². The highest BCUT2D eigenvalue weighted by Gasteiger charge is 2.15. The second-order valence-electron chi connectivity index (χ2n) is 5.56. The summed E-state index contributed by atoms with van der Waals surface area (Å²) in [7, 11) is -3.68. The molecule has 0 radical (unpaired) electrons. The standard InChI is InChI=1S/C17H24O4S/c1-15-9-11-17(12-10-15)22(18,19)21-14-13-20-16-7-5-3-2-4-6-8-16/h2-3,9-12,16H,4-8,13-14H2,1H3/b3-2-. The minimum Gasteiger partial charge on any atom is -0.376 e. The number of ether oxygens (including phenoxy) is 1. The van der Waals surface area contributed by atoms with Gasteiger partial charge in [0.2, 0.25) is 0 Å². The molecule has 0 amide bonds. The highest BCUT2D eigenvalue weighted by atomic mass is 32.2. The van der Waals surface area contributed by atoms with Gasteiger partial charge in [-0.3, -0.25) is 4.18 Å². The van der Waals surface area contributed by atoms with Crippen LogP contribution in [0.3, 0.4) is 0 Å². The Morgan fingerprint density at radius 3 is 2.55 bits per heavy atom. The normalized spacial score (nSPS) is 21.0. The Morgan fingerprint density at radius 1 is 1.05 bits per heavy atom. The molecule has 2 rings (SSSR count). The Bertz CT molecular complexity index is 575. The fourth-order valence-electron chi connectivity index (χ4n) is 2.42. The molecular weight excluding hydrogens is 300 g/mol. The first-order chi connectivity index (χ1) is 10.6. The van der Waals surface area contributed by atoms with E-state index in [4.69, 9.17) is 8.92 Å². The molecule has 22 heavy (non-hydrogen) atoms. The SMILES string of the molecule is Cc1ccc(S(=O)(=O)OCCOC2CC/C=C\CCC2)cc1. The number of allylic oxidation sites excluding steroid dienone is 2. The molecule has 122 valence electrons. The molecule has 1 aliphatic carbocycles. The number of aryl methyl sites for hydroxylation is 1. The molecule has 0 saturated heterocycles. The zero-order valence-electron chi connectivity index (χ0n) is 13.0. The van der Waals surface area contributed by atoms with Crippen molar-refractivity contribution in [3.63, 3.8) is 0 Å². The van der Waals surface area contributed by atoms with Gasteiger partial charge in [0.05, 0.1) is 24.2 Å². The second-order valence-corrected chi connectivity index (χ2v) is 7.18. The molecule has 0 heterocycles. The second kappa shape index (κ2) is 8.46. The first-order valence-electron chi connectivity index (χ1n) is 7.80. The third-order valence-electron chi connectivity index (χ3n) is 3.70. The van der Waals surface area contributed by atoms with Gasteiger partial charge in [-0.1, -0.05) is 29.8 Å². The van der Waals surface area contributed by atoms with E-state index in [9.17, 15) is 8.42 Å². The molecule has 0 fully saturated rings. The Kier molecular flexibility index (Phi) is 6.61. The Morgan fingerprint density at radius 2 is 1.77 bits per heavy atom. The number of rotatable bonds is 6. The summed E-state index contributed by atoms with van der Waals surface area (Å²) in [6, 6.07) is 6.64. The molecule has 4 nitrogen and oxygen atoms in total.